The highest BCUT2D eigenvalue weighted by Gasteiger charge is 2.15. The Kier molecular flexibility index (Phi) is 4.39. The van der Waals surface area contributed by atoms with Crippen LogP contribution in [0.25, 0.3) is 10.9 Å². The molecule has 0 spiro atoms. The highest BCUT2D eigenvalue weighted by molar-refractivity contribution is 5.85. The number of para-hydroxylation sites is 1. The molecule has 1 aliphatic heterocycles. The Morgan fingerprint density at radius 2 is 1.89 bits per heavy atom. The Morgan fingerprint density at radius 3 is 2.72 bits per heavy atom. The molecule has 0 amide bonds. The van der Waals surface area contributed by atoms with E-state index >= 15 is 0 Å². The summed E-state index contributed by atoms with van der Waals surface area (Å²) in [6.07, 6.45) is 4.31. The zero-order valence-corrected chi connectivity index (χ0v) is 11.0. The van der Waals surface area contributed by atoms with Gasteiger partial charge >= 0.3 is 0 Å². The molecule has 3 rings (SSSR count). The fraction of sp³-hybridized carbons (Fsp3) is 0.357. The van der Waals surface area contributed by atoms with Gasteiger partial charge in [-0.1, -0.05) is 12.1 Å². The number of fused-ring (bicyclic) bond motifs is 1. The lowest BCUT2D eigenvalue weighted by Crippen LogP contribution is -2.34. The molecule has 0 atom stereocenters. The maximum Gasteiger partial charge on any atom is 0.130 e. The molecule has 3 nitrogen and oxygen atoms in total. The van der Waals surface area contributed by atoms with Gasteiger partial charge in [0, 0.05) is 11.6 Å². The quantitative estimate of drug-likeness (QED) is 0.906. The number of piperidine rings is 1. The van der Waals surface area contributed by atoms with E-state index in [0.717, 1.165) is 42.6 Å². The Morgan fingerprint density at radius 1 is 1.11 bits per heavy atom. The Labute approximate surface area is 113 Å². The molecule has 1 aliphatic rings. The van der Waals surface area contributed by atoms with E-state index < -0.39 is 0 Å². The summed E-state index contributed by atoms with van der Waals surface area (Å²) < 4.78 is 6.09. The Balaban J connectivity index is 0.00000120. The zero-order valence-electron chi connectivity index (χ0n) is 10.1. The number of ether oxygens (including phenoxy) is 1. The van der Waals surface area contributed by atoms with Crippen molar-refractivity contribution < 1.29 is 4.74 Å². The van der Waals surface area contributed by atoms with Gasteiger partial charge in [-0.25, -0.2) is 0 Å². The van der Waals surface area contributed by atoms with E-state index in [1.807, 2.05) is 30.5 Å². The van der Waals surface area contributed by atoms with Gasteiger partial charge in [0.25, 0.3) is 0 Å². The molecule has 1 N–H and O–H groups in total. The maximum absolute atomic E-state index is 6.09. The third kappa shape index (κ3) is 2.74. The average molecular weight is 265 g/mol. The van der Waals surface area contributed by atoms with Crippen molar-refractivity contribution in [2.75, 3.05) is 13.1 Å². The molecule has 18 heavy (non-hydrogen) atoms. The lowest BCUT2D eigenvalue weighted by Gasteiger charge is -2.24. The van der Waals surface area contributed by atoms with Crippen molar-refractivity contribution in [3.8, 4) is 5.75 Å². The lowest BCUT2D eigenvalue weighted by molar-refractivity contribution is 0.164. The zero-order chi connectivity index (χ0) is 11.5. The van der Waals surface area contributed by atoms with Crippen LogP contribution in [-0.4, -0.2) is 24.2 Å². The minimum absolute atomic E-state index is 0. The van der Waals surface area contributed by atoms with E-state index in [-0.39, 0.29) is 12.4 Å². The number of rotatable bonds is 2. The van der Waals surface area contributed by atoms with E-state index in [1.54, 1.807) is 0 Å². The van der Waals surface area contributed by atoms with Crippen LogP contribution in [0.5, 0.6) is 5.75 Å². The molecule has 0 saturated carbocycles. The van der Waals surface area contributed by atoms with Crippen LogP contribution in [0.4, 0.5) is 0 Å². The second-order valence-corrected chi connectivity index (χ2v) is 4.39. The van der Waals surface area contributed by atoms with Crippen molar-refractivity contribution in [2.24, 2.45) is 0 Å². The molecule has 1 aromatic carbocycles. The summed E-state index contributed by atoms with van der Waals surface area (Å²) in [7, 11) is 0. The number of aromatic nitrogens is 1. The summed E-state index contributed by atoms with van der Waals surface area (Å²) in [6, 6.07) is 10.1. The largest absolute Gasteiger partial charge is 0.490 e. The van der Waals surface area contributed by atoms with Crippen LogP contribution in [0.15, 0.2) is 36.5 Å². The number of halogens is 1. The summed E-state index contributed by atoms with van der Waals surface area (Å²) in [5.74, 6) is 0.961. The number of nitrogens with one attached hydrogen (secondary N) is 1. The third-order valence-corrected chi connectivity index (χ3v) is 3.19. The molecule has 1 saturated heterocycles. The van der Waals surface area contributed by atoms with Gasteiger partial charge < -0.3 is 10.1 Å². The van der Waals surface area contributed by atoms with Crippen molar-refractivity contribution in [2.45, 2.75) is 18.9 Å². The number of hydrogen-bond acceptors (Lipinski definition) is 3. The van der Waals surface area contributed by atoms with Crippen LogP contribution in [-0.2, 0) is 0 Å². The minimum atomic E-state index is 0. The molecule has 0 radical (unpaired) electrons. The molecule has 0 unspecified atom stereocenters. The molecule has 2 aromatic rings. The first-order chi connectivity index (χ1) is 8.43. The van der Waals surface area contributed by atoms with Crippen LogP contribution >= 0.6 is 12.4 Å². The highest BCUT2D eigenvalue weighted by Crippen LogP contribution is 2.25. The molecular weight excluding hydrogens is 248 g/mol. The number of hydrogen-bond donors (Lipinski definition) is 1. The predicted octanol–water partition coefficient (Wildman–Crippen LogP) is 2.79. The maximum atomic E-state index is 6.09. The first-order valence-corrected chi connectivity index (χ1v) is 6.14. The summed E-state index contributed by atoms with van der Waals surface area (Å²) >= 11 is 0. The van der Waals surface area contributed by atoms with E-state index in [0.29, 0.717) is 6.10 Å². The van der Waals surface area contributed by atoms with Crippen molar-refractivity contribution in [1.29, 1.82) is 0 Å². The van der Waals surface area contributed by atoms with E-state index in [2.05, 4.69) is 16.4 Å². The molecule has 2 heterocycles. The van der Waals surface area contributed by atoms with Crippen molar-refractivity contribution in [3.05, 3.63) is 36.5 Å². The smallest absolute Gasteiger partial charge is 0.130 e. The summed E-state index contributed by atoms with van der Waals surface area (Å²) in [5, 5.41) is 4.45. The SMILES string of the molecule is Cl.c1ccc2c(OC3CCNCC3)ccnc2c1. The van der Waals surface area contributed by atoms with Crippen LogP contribution in [0.1, 0.15) is 12.8 Å². The van der Waals surface area contributed by atoms with E-state index in [9.17, 15) is 0 Å². The van der Waals surface area contributed by atoms with Gasteiger partial charge in [-0.2, -0.15) is 0 Å². The molecule has 1 fully saturated rings. The first kappa shape index (κ1) is 13.1. The van der Waals surface area contributed by atoms with Gasteiger partial charge in [-0.15, -0.1) is 12.4 Å². The highest BCUT2D eigenvalue weighted by atomic mass is 35.5. The molecular formula is C14H17ClN2O. The second-order valence-electron chi connectivity index (χ2n) is 4.39. The van der Waals surface area contributed by atoms with E-state index in [4.69, 9.17) is 4.74 Å². The van der Waals surface area contributed by atoms with Gasteiger partial charge in [0.2, 0.25) is 0 Å². The molecule has 0 bridgehead atoms. The van der Waals surface area contributed by atoms with Gasteiger partial charge in [0.1, 0.15) is 11.9 Å². The number of nitrogens with zero attached hydrogens (tertiary/aromatic N) is 1. The second kappa shape index (κ2) is 6.03. The topological polar surface area (TPSA) is 34.1 Å². The van der Waals surface area contributed by atoms with Crippen LogP contribution in [0.2, 0.25) is 0 Å². The average Bonchev–Trinajstić information content (AvgIpc) is 2.40. The summed E-state index contributed by atoms with van der Waals surface area (Å²) in [6.45, 7) is 2.10. The van der Waals surface area contributed by atoms with E-state index in [1.165, 1.54) is 0 Å². The van der Waals surface area contributed by atoms with Crippen molar-refractivity contribution in [1.82, 2.24) is 10.3 Å². The molecule has 96 valence electrons. The van der Waals surface area contributed by atoms with Crippen LogP contribution in [0, 0.1) is 0 Å². The lowest BCUT2D eigenvalue weighted by atomic mass is 10.1. The van der Waals surface area contributed by atoms with Gasteiger partial charge in [0.15, 0.2) is 0 Å². The standard InChI is InChI=1S/C14H16N2O.ClH/c1-2-4-13-12(3-1)14(7-10-16-13)17-11-5-8-15-9-6-11;/h1-4,7,10-11,15H,5-6,8-9H2;1H. The van der Waals surface area contributed by atoms with Crippen LogP contribution in [0.3, 0.4) is 0 Å². The predicted molar refractivity (Wildman–Crippen MR) is 75.5 cm³/mol. The number of benzene rings is 1. The fourth-order valence-corrected chi connectivity index (χ4v) is 2.27. The third-order valence-electron chi connectivity index (χ3n) is 3.19. The molecule has 4 heteroatoms. The van der Waals surface area contributed by atoms with Crippen LogP contribution < -0.4 is 10.1 Å². The Hall–Kier alpha value is -1.32. The normalized spacial score (nSPS) is 16.2. The van der Waals surface area contributed by atoms with Crippen molar-refractivity contribution in [3.63, 3.8) is 0 Å². The monoisotopic (exact) mass is 264 g/mol. The molecule has 1 aromatic heterocycles. The fourth-order valence-electron chi connectivity index (χ4n) is 2.27. The first-order valence-electron chi connectivity index (χ1n) is 6.14. The van der Waals surface area contributed by atoms with Gasteiger partial charge in [-0.3, -0.25) is 4.98 Å². The Bertz CT molecular complexity index is 507. The minimum Gasteiger partial charge on any atom is -0.490 e. The van der Waals surface area contributed by atoms with Crippen molar-refractivity contribution >= 4 is 23.3 Å². The number of pyridine rings is 1. The molecule has 0 aliphatic carbocycles. The van der Waals surface area contributed by atoms with Gasteiger partial charge in [0.05, 0.1) is 5.52 Å². The summed E-state index contributed by atoms with van der Waals surface area (Å²) in [4.78, 5) is 4.34. The summed E-state index contributed by atoms with van der Waals surface area (Å²) in [5.41, 5.74) is 0.999. The van der Waals surface area contributed by atoms with Gasteiger partial charge in [-0.05, 0) is 44.1 Å².